The summed E-state index contributed by atoms with van der Waals surface area (Å²) in [5, 5.41) is 12.4. The van der Waals surface area contributed by atoms with Crippen LogP contribution in [0.25, 0.3) is 22.4 Å². The summed E-state index contributed by atoms with van der Waals surface area (Å²) in [6, 6.07) is 15.1. The summed E-state index contributed by atoms with van der Waals surface area (Å²) in [4.78, 5) is 25.7. The van der Waals surface area contributed by atoms with Gasteiger partial charge in [0.2, 0.25) is 11.7 Å². The lowest BCUT2D eigenvalue weighted by Crippen LogP contribution is -2.31. The zero-order valence-electron chi connectivity index (χ0n) is 17.1. The third-order valence-corrected chi connectivity index (χ3v) is 5.93. The Labute approximate surface area is 178 Å². The number of hydrogen-bond donors (Lipinski definition) is 1. The van der Waals surface area contributed by atoms with Gasteiger partial charge >= 0.3 is 0 Å². The minimum absolute atomic E-state index is 0.0465. The summed E-state index contributed by atoms with van der Waals surface area (Å²) in [5.74, 6) is 0.376. The topological polar surface area (TPSA) is 81.3 Å². The molecule has 1 unspecified atom stereocenters. The molecule has 2 aromatic carbocycles. The molecule has 0 radical (unpaired) electrons. The van der Waals surface area contributed by atoms with Crippen LogP contribution in [0.3, 0.4) is 0 Å². The quantitative estimate of drug-likeness (QED) is 0.483. The van der Waals surface area contributed by atoms with Crippen molar-refractivity contribution in [3.8, 4) is 5.69 Å². The first-order chi connectivity index (χ1) is 14.5. The summed E-state index contributed by atoms with van der Waals surface area (Å²) in [6.45, 7) is 6.50. The molecule has 1 amide bonds. The Morgan fingerprint density at radius 2 is 1.87 bits per heavy atom. The van der Waals surface area contributed by atoms with Gasteiger partial charge < -0.3 is 5.32 Å². The van der Waals surface area contributed by atoms with E-state index in [1.807, 2.05) is 67.6 Å². The first-order valence-electron chi connectivity index (χ1n) is 9.91. The van der Waals surface area contributed by atoms with E-state index in [0.717, 1.165) is 23.2 Å². The number of aryl methyl sites for hydroxylation is 1. The van der Waals surface area contributed by atoms with Gasteiger partial charge in [-0.25, -0.2) is 4.57 Å². The molecule has 7 nitrogen and oxygen atoms in total. The predicted molar refractivity (Wildman–Crippen MR) is 119 cm³/mol. The van der Waals surface area contributed by atoms with Crippen LogP contribution in [0.15, 0.2) is 58.5 Å². The summed E-state index contributed by atoms with van der Waals surface area (Å²) in [5.41, 5.74) is 2.39. The number of thioether (sulfide) groups is 1. The van der Waals surface area contributed by atoms with E-state index in [9.17, 15) is 9.59 Å². The Hall–Kier alpha value is -3.13. The number of para-hydroxylation sites is 1. The molecule has 8 heteroatoms. The second-order valence-corrected chi connectivity index (χ2v) is 8.47. The fourth-order valence-electron chi connectivity index (χ4n) is 3.29. The molecule has 2 aromatic heterocycles. The number of carbonyl (C=O) groups is 1. The molecule has 0 fully saturated rings. The smallest absolute Gasteiger partial charge is 0.267 e. The van der Waals surface area contributed by atoms with E-state index in [4.69, 9.17) is 0 Å². The van der Waals surface area contributed by atoms with Gasteiger partial charge in [-0.1, -0.05) is 48.5 Å². The standard InChI is InChI=1S/C22H23N5O2S/c1-4-13-23-19(28)15(3)30-22-25-24-21-26(16-11-9-14(2)10-12-16)20(29)17-7-5-6-8-18(17)27(21)22/h5-12,15H,4,13H2,1-3H3,(H,23,28). The van der Waals surface area contributed by atoms with Crippen molar-refractivity contribution in [2.24, 2.45) is 0 Å². The van der Waals surface area contributed by atoms with Crippen LogP contribution in [0.2, 0.25) is 0 Å². The Bertz CT molecular complexity index is 1280. The highest BCUT2D eigenvalue weighted by Gasteiger charge is 2.21. The molecule has 0 aliphatic carbocycles. The second-order valence-electron chi connectivity index (χ2n) is 7.16. The van der Waals surface area contributed by atoms with Gasteiger partial charge in [0.25, 0.3) is 5.56 Å². The lowest BCUT2D eigenvalue weighted by molar-refractivity contribution is -0.120. The van der Waals surface area contributed by atoms with Crippen molar-refractivity contribution < 1.29 is 4.79 Å². The Morgan fingerprint density at radius 1 is 1.13 bits per heavy atom. The van der Waals surface area contributed by atoms with Crippen molar-refractivity contribution in [1.29, 1.82) is 0 Å². The Kier molecular flexibility index (Phi) is 5.59. The van der Waals surface area contributed by atoms with Gasteiger partial charge in [-0.15, -0.1) is 10.2 Å². The fourth-order valence-corrected chi connectivity index (χ4v) is 4.17. The van der Waals surface area contributed by atoms with E-state index in [1.54, 1.807) is 10.6 Å². The van der Waals surface area contributed by atoms with Crippen molar-refractivity contribution in [3.63, 3.8) is 0 Å². The van der Waals surface area contributed by atoms with Crippen LogP contribution in [0, 0.1) is 6.92 Å². The molecule has 30 heavy (non-hydrogen) atoms. The van der Waals surface area contributed by atoms with Crippen molar-refractivity contribution in [3.05, 3.63) is 64.4 Å². The number of carbonyl (C=O) groups excluding carboxylic acids is 1. The van der Waals surface area contributed by atoms with Crippen LogP contribution in [-0.4, -0.2) is 36.9 Å². The number of amides is 1. The Balaban J connectivity index is 1.90. The van der Waals surface area contributed by atoms with Crippen molar-refractivity contribution in [2.75, 3.05) is 6.54 Å². The molecule has 0 spiro atoms. The lowest BCUT2D eigenvalue weighted by atomic mass is 10.2. The fraction of sp³-hybridized carbons (Fsp3) is 0.273. The summed E-state index contributed by atoms with van der Waals surface area (Å²) in [6.07, 6.45) is 0.879. The SMILES string of the molecule is CCCNC(=O)C(C)Sc1nnc2n(-c3ccc(C)cc3)c(=O)c3ccccc3n12. The average molecular weight is 422 g/mol. The van der Waals surface area contributed by atoms with E-state index in [-0.39, 0.29) is 16.7 Å². The maximum Gasteiger partial charge on any atom is 0.267 e. The summed E-state index contributed by atoms with van der Waals surface area (Å²) in [7, 11) is 0. The highest BCUT2D eigenvalue weighted by atomic mass is 32.2. The van der Waals surface area contributed by atoms with Gasteiger partial charge in [-0.3, -0.25) is 14.0 Å². The first-order valence-corrected chi connectivity index (χ1v) is 10.8. The summed E-state index contributed by atoms with van der Waals surface area (Å²) < 4.78 is 3.42. The zero-order valence-corrected chi connectivity index (χ0v) is 17.9. The molecular formula is C22H23N5O2S. The molecule has 0 bridgehead atoms. The van der Waals surface area contributed by atoms with Crippen LogP contribution in [0.1, 0.15) is 25.8 Å². The van der Waals surface area contributed by atoms with Crippen molar-refractivity contribution in [2.45, 2.75) is 37.6 Å². The number of benzene rings is 2. The van der Waals surface area contributed by atoms with Crippen LogP contribution in [0.5, 0.6) is 0 Å². The molecule has 154 valence electrons. The molecule has 0 aliphatic heterocycles. The van der Waals surface area contributed by atoms with Crippen molar-refractivity contribution >= 4 is 34.3 Å². The highest BCUT2D eigenvalue weighted by molar-refractivity contribution is 8.00. The molecular weight excluding hydrogens is 398 g/mol. The molecule has 4 rings (SSSR count). The van der Waals surface area contributed by atoms with E-state index in [2.05, 4.69) is 15.5 Å². The van der Waals surface area contributed by atoms with Gasteiger partial charge in [-0.2, -0.15) is 0 Å². The number of aromatic nitrogens is 4. The van der Waals surface area contributed by atoms with Gasteiger partial charge in [0.15, 0.2) is 5.16 Å². The Morgan fingerprint density at radius 3 is 2.60 bits per heavy atom. The van der Waals surface area contributed by atoms with Gasteiger partial charge in [0, 0.05) is 6.54 Å². The lowest BCUT2D eigenvalue weighted by Gasteiger charge is -2.13. The van der Waals surface area contributed by atoms with E-state index in [0.29, 0.717) is 22.9 Å². The van der Waals surface area contributed by atoms with E-state index < -0.39 is 0 Å². The molecule has 0 saturated carbocycles. The average Bonchev–Trinajstić information content (AvgIpc) is 3.16. The van der Waals surface area contributed by atoms with E-state index >= 15 is 0 Å². The van der Waals surface area contributed by atoms with Crippen LogP contribution < -0.4 is 10.9 Å². The van der Waals surface area contributed by atoms with Gasteiger partial charge in [0.1, 0.15) is 0 Å². The van der Waals surface area contributed by atoms with E-state index in [1.165, 1.54) is 11.8 Å². The predicted octanol–water partition coefficient (Wildman–Crippen LogP) is 3.35. The van der Waals surface area contributed by atoms with Gasteiger partial charge in [-0.05, 0) is 44.5 Å². The molecule has 1 atom stereocenters. The number of nitrogens with zero attached hydrogens (tertiary/aromatic N) is 4. The summed E-state index contributed by atoms with van der Waals surface area (Å²) >= 11 is 1.33. The van der Waals surface area contributed by atoms with Crippen LogP contribution in [-0.2, 0) is 4.79 Å². The minimum atomic E-state index is -0.345. The first kappa shape index (κ1) is 20.2. The number of hydrogen-bond acceptors (Lipinski definition) is 5. The zero-order chi connectivity index (χ0) is 21.3. The van der Waals surface area contributed by atoms with Crippen LogP contribution >= 0.6 is 11.8 Å². The highest BCUT2D eigenvalue weighted by Crippen LogP contribution is 2.26. The minimum Gasteiger partial charge on any atom is -0.355 e. The third kappa shape index (κ3) is 3.59. The second kappa shape index (κ2) is 8.31. The van der Waals surface area contributed by atoms with Crippen LogP contribution in [0.4, 0.5) is 0 Å². The molecule has 4 aromatic rings. The van der Waals surface area contributed by atoms with Gasteiger partial charge in [0.05, 0.1) is 21.8 Å². The number of rotatable bonds is 6. The maximum absolute atomic E-state index is 13.3. The number of fused-ring (bicyclic) bond motifs is 3. The molecule has 0 aliphatic rings. The third-order valence-electron chi connectivity index (χ3n) is 4.89. The van der Waals surface area contributed by atoms with Crippen molar-refractivity contribution in [1.82, 2.24) is 24.5 Å². The maximum atomic E-state index is 13.3. The normalized spacial score (nSPS) is 12.4. The number of nitrogens with one attached hydrogen (secondary N) is 1. The molecule has 0 saturated heterocycles. The monoisotopic (exact) mass is 421 g/mol. The largest absolute Gasteiger partial charge is 0.355 e. The molecule has 2 heterocycles. The molecule has 1 N–H and O–H groups in total.